The summed E-state index contributed by atoms with van der Waals surface area (Å²) in [5.41, 5.74) is 1.39. The second-order valence-corrected chi connectivity index (χ2v) is 8.52. The molecule has 2 rings (SSSR count). The number of methoxy groups -OCH3 is 2. The van der Waals surface area contributed by atoms with E-state index in [9.17, 15) is 0 Å². The summed E-state index contributed by atoms with van der Waals surface area (Å²) >= 11 is 0. The number of hydrogen-bond donors (Lipinski definition) is 2. The van der Waals surface area contributed by atoms with Gasteiger partial charge in [-0.2, -0.15) is 0 Å². The zero-order chi connectivity index (χ0) is 20.6. The van der Waals surface area contributed by atoms with E-state index in [0.29, 0.717) is 6.54 Å². The molecule has 28 heavy (non-hydrogen) atoms. The van der Waals surface area contributed by atoms with Crippen molar-refractivity contribution in [2.24, 2.45) is 10.4 Å². The minimum absolute atomic E-state index is 0.0207. The van der Waals surface area contributed by atoms with E-state index in [1.165, 1.54) is 5.56 Å². The number of benzene rings is 1. The van der Waals surface area contributed by atoms with Crippen molar-refractivity contribution in [3.8, 4) is 5.75 Å². The summed E-state index contributed by atoms with van der Waals surface area (Å²) in [5.74, 6) is 1.68. The largest absolute Gasteiger partial charge is 0.497 e. The molecule has 0 amide bonds. The van der Waals surface area contributed by atoms with Gasteiger partial charge in [0.2, 0.25) is 0 Å². The Bertz CT molecular complexity index is 617. The minimum Gasteiger partial charge on any atom is -0.497 e. The van der Waals surface area contributed by atoms with Crippen LogP contribution in [0.2, 0.25) is 0 Å². The van der Waals surface area contributed by atoms with Crippen molar-refractivity contribution in [2.75, 3.05) is 47.6 Å². The van der Waals surface area contributed by atoms with Crippen LogP contribution in [0.25, 0.3) is 0 Å². The predicted octanol–water partition coefficient (Wildman–Crippen LogP) is 2.97. The summed E-state index contributed by atoms with van der Waals surface area (Å²) in [7, 11) is 5.26. The third-order valence-corrected chi connectivity index (χ3v) is 5.68. The van der Waals surface area contributed by atoms with Crippen LogP contribution in [-0.2, 0) is 14.9 Å². The molecule has 1 heterocycles. The summed E-state index contributed by atoms with van der Waals surface area (Å²) in [5, 5.41) is 6.95. The third kappa shape index (κ3) is 5.85. The first-order valence-corrected chi connectivity index (χ1v) is 10.0. The fourth-order valence-corrected chi connectivity index (χ4v) is 3.68. The molecule has 1 fully saturated rings. The van der Waals surface area contributed by atoms with Gasteiger partial charge in [-0.25, -0.2) is 0 Å². The molecule has 1 aliphatic heterocycles. The van der Waals surface area contributed by atoms with Crippen molar-refractivity contribution in [1.29, 1.82) is 0 Å². The first kappa shape index (κ1) is 22.5. The number of aliphatic imine (C=N–C) groups is 1. The average Bonchev–Trinajstić information content (AvgIpc) is 2.70. The molecule has 6 heteroatoms. The average molecular weight is 392 g/mol. The van der Waals surface area contributed by atoms with Crippen molar-refractivity contribution in [1.82, 2.24) is 10.6 Å². The van der Waals surface area contributed by atoms with Gasteiger partial charge in [0.25, 0.3) is 0 Å². The second kappa shape index (κ2) is 10.1. The van der Waals surface area contributed by atoms with Crippen LogP contribution in [0.3, 0.4) is 0 Å². The Kier molecular flexibility index (Phi) is 8.13. The van der Waals surface area contributed by atoms with Crippen LogP contribution < -0.4 is 15.4 Å². The molecule has 1 atom stereocenters. The topological polar surface area (TPSA) is 64.1 Å². The molecule has 2 N–H and O–H groups in total. The highest BCUT2D eigenvalue weighted by Gasteiger charge is 2.35. The number of nitrogens with one attached hydrogen (secondary N) is 2. The highest BCUT2D eigenvalue weighted by molar-refractivity contribution is 5.79. The predicted molar refractivity (Wildman–Crippen MR) is 114 cm³/mol. The van der Waals surface area contributed by atoms with Crippen LogP contribution in [0.5, 0.6) is 5.75 Å². The van der Waals surface area contributed by atoms with Crippen LogP contribution in [0.1, 0.15) is 39.2 Å². The highest BCUT2D eigenvalue weighted by atomic mass is 16.5. The maximum atomic E-state index is 5.64. The Morgan fingerprint density at radius 2 is 1.79 bits per heavy atom. The van der Waals surface area contributed by atoms with Crippen LogP contribution >= 0.6 is 0 Å². The Labute approximate surface area is 170 Å². The normalized spacial score (nSPS) is 18.4. The van der Waals surface area contributed by atoms with Crippen LogP contribution in [0.15, 0.2) is 29.3 Å². The van der Waals surface area contributed by atoms with E-state index in [2.05, 4.69) is 48.5 Å². The van der Waals surface area contributed by atoms with Crippen molar-refractivity contribution in [2.45, 2.75) is 45.1 Å². The van der Waals surface area contributed by atoms with Gasteiger partial charge in [-0.1, -0.05) is 32.9 Å². The highest BCUT2D eigenvalue weighted by Crippen LogP contribution is 2.35. The molecular weight excluding hydrogens is 354 g/mol. The summed E-state index contributed by atoms with van der Waals surface area (Å²) in [6, 6.07) is 8.41. The lowest BCUT2D eigenvalue weighted by Crippen LogP contribution is -2.50. The molecule has 0 spiro atoms. The summed E-state index contributed by atoms with van der Waals surface area (Å²) in [6.07, 6.45) is 2.06. The quantitative estimate of drug-likeness (QED) is 0.553. The third-order valence-electron chi connectivity index (χ3n) is 5.68. The second-order valence-electron chi connectivity index (χ2n) is 8.52. The molecule has 158 valence electrons. The van der Waals surface area contributed by atoms with Crippen molar-refractivity contribution >= 4 is 5.96 Å². The Morgan fingerprint density at radius 3 is 2.29 bits per heavy atom. The zero-order valence-electron chi connectivity index (χ0n) is 18.3. The number of guanidine groups is 1. The molecule has 1 aromatic carbocycles. The lowest BCUT2D eigenvalue weighted by molar-refractivity contribution is 0.0204. The van der Waals surface area contributed by atoms with Gasteiger partial charge < -0.3 is 24.8 Å². The Morgan fingerprint density at radius 1 is 1.14 bits per heavy atom. The smallest absolute Gasteiger partial charge is 0.191 e. The standard InChI is InChI=1S/C22H37N3O3/c1-21(2,3)19(27-6)15-24-20(23-4)25-16-22(11-13-28-14-12-22)17-7-9-18(26-5)10-8-17/h7-10,19H,11-16H2,1-6H3,(H2,23,24,25). The van der Waals surface area contributed by atoms with Gasteiger partial charge in [-0.3, -0.25) is 4.99 Å². The molecule has 0 bridgehead atoms. The summed E-state index contributed by atoms with van der Waals surface area (Å²) in [6.45, 7) is 9.60. The number of nitrogens with zero attached hydrogens (tertiary/aromatic N) is 1. The molecule has 1 aromatic rings. The Hall–Kier alpha value is -1.79. The first-order valence-electron chi connectivity index (χ1n) is 10.0. The van der Waals surface area contributed by atoms with E-state index in [1.807, 2.05) is 12.1 Å². The van der Waals surface area contributed by atoms with Crippen LogP contribution in [0, 0.1) is 5.41 Å². The number of hydrogen-bond acceptors (Lipinski definition) is 4. The summed E-state index contributed by atoms with van der Waals surface area (Å²) < 4.78 is 16.6. The molecule has 1 aliphatic rings. The molecule has 1 unspecified atom stereocenters. The van der Waals surface area contributed by atoms with Gasteiger partial charge in [0, 0.05) is 45.9 Å². The molecule has 0 saturated carbocycles. The first-order chi connectivity index (χ1) is 13.3. The Balaban J connectivity index is 2.05. The van der Waals surface area contributed by atoms with Gasteiger partial charge in [-0.05, 0) is 36.0 Å². The van der Waals surface area contributed by atoms with E-state index in [4.69, 9.17) is 14.2 Å². The van der Waals surface area contributed by atoms with Gasteiger partial charge in [0.1, 0.15) is 5.75 Å². The van der Waals surface area contributed by atoms with E-state index in [0.717, 1.165) is 44.3 Å². The molecule has 6 nitrogen and oxygen atoms in total. The van der Waals surface area contributed by atoms with Gasteiger partial charge in [0.15, 0.2) is 5.96 Å². The molecule has 0 radical (unpaired) electrons. The lowest BCUT2D eigenvalue weighted by Gasteiger charge is -2.38. The van der Waals surface area contributed by atoms with E-state index < -0.39 is 0 Å². The molecule has 0 aromatic heterocycles. The molecule has 1 saturated heterocycles. The summed E-state index contributed by atoms with van der Waals surface area (Å²) in [4.78, 5) is 4.40. The number of rotatable bonds is 7. The SMILES string of the molecule is CN=C(NCC(OC)C(C)(C)C)NCC1(c2ccc(OC)cc2)CCOCC1. The fourth-order valence-electron chi connectivity index (χ4n) is 3.68. The van der Waals surface area contributed by atoms with Crippen molar-refractivity contribution < 1.29 is 14.2 Å². The maximum Gasteiger partial charge on any atom is 0.191 e. The molecule has 0 aliphatic carbocycles. The minimum atomic E-state index is 0.0207. The maximum absolute atomic E-state index is 5.64. The van der Waals surface area contributed by atoms with Crippen LogP contribution in [0.4, 0.5) is 0 Å². The van der Waals surface area contributed by atoms with E-state index >= 15 is 0 Å². The van der Waals surface area contributed by atoms with E-state index in [1.54, 1.807) is 21.3 Å². The monoisotopic (exact) mass is 391 g/mol. The zero-order valence-corrected chi connectivity index (χ0v) is 18.3. The van der Waals surface area contributed by atoms with Crippen molar-refractivity contribution in [3.63, 3.8) is 0 Å². The van der Waals surface area contributed by atoms with Gasteiger partial charge >= 0.3 is 0 Å². The fraction of sp³-hybridized carbons (Fsp3) is 0.682. The van der Waals surface area contributed by atoms with Crippen molar-refractivity contribution in [3.05, 3.63) is 29.8 Å². The van der Waals surface area contributed by atoms with Crippen LogP contribution in [-0.4, -0.2) is 59.6 Å². The lowest BCUT2D eigenvalue weighted by atomic mass is 9.74. The van der Waals surface area contributed by atoms with Gasteiger partial charge in [0.05, 0.1) is 13.2 Å². The number of ether oxygens (including phenoxy) is 3. The molecular formula is C22H37N3O3. The van der Waals surface area contributed by atoms with E-state index in [-0.39, 0.29) is 16.9 Å². The van der Waals surface area contributed by atoms with Gasteiger partial charge in [-0.15, -0.1) is 0 Å².